The molecule has 0 radical (unpaired) electrons. The van der Waals surface area contributed by atoms with Crippen molar-refractivity contribution in [2.45, 2.75) is 32.3 Å². The number of amides is 3. The van der Waals surface area contributed by atoms with Crippen LogP contribution in [0, 0.1) is 12.3 Å². The monoisotopic (exact) mass is 872 g/mol. The Hall–Kier alpha value is -6.56. The summed E-state index contributed by atoms with van der Waals surface area (Å²) in [5, 5.41) is 18.3. The molecule has 0 fully saturated rings. The Morgan fingerprint density at radius 2 is 1.62 bits per heavy atom. The average Bonchev–Trinajstić information content (AvgIpc) is 3.68. The first-order valence-corrected chi connectivity index (χ1v) is 23.1. The summed E-state index contributed by atoms with van der Waals surface area (Å²) in [5.41, 5.74) is 4.06. The summed E-state index contributed by atoms with van der Waals surface area (Å²) in [6.45, 7) is 12.2. The maximum atomic E-state index is 13.7. The highest BCUT2D eigenvalue weighted by Crippen LogP contribution is 2.41. The van der Waals surface area contributed by atoms with Crippen LogP contribution in [0.3, 0.4) is 0 Å². The molecule has 63 heavy (non-hydrogen) atoms. The SMILES string of the molecule is C#Cc1cc(Nc2nccc(Oc3ccc(NC(=O)Nc4cc(C(C)(C)C)nn4-c4cccc(CP(C)(C)=O)c4)c4ccccc34)n2)cc(C(=O)NCCOCCOCCOC)c1. The molecule has 0 aliphatic carbocycles. The molecule has 0 spiro atoms. The summed E-state index contributed by atoms with van der Waals surface area (Å²) < 4.78 is 36.4. The highest BCUT2D eigenvalue weighted by Gasteiger charge is 2.23. The summed E-state index contributed by atoms with van der Waals surface area (Å²) in [5.74, 6) is 3.71. The molecular formula is C47H53N8O7P. The zero-order valence-electron chi connectivity index (χ0n) is 36.4. The van der Waals surface area contributed by atoms with E-state index in [1.54, 1.807) is 67.7 Å². The van der Waals surface area contributed by atoms with Crippen molar-refractivity contribution >= 4 is 53.0 Å². The molecule has 16 heteroatoms. The zero-order chi connectivity index (χ0) is 45.0. The number of hydrogen-bond acceptors (Lipinski definition) is 11. The Morgan fingerprint density at radius 1 is 0.857 bits per heavy atom. The van der Waals surface area contributed by atoms with Crippen LogP contribution in [0.2, 0.25) is 0 Å². The van der Waals surface area contributed by atoms with Crippen molar-refractivity contribution < 1.29 is 33.1 Å². The summed E-state index contributed by atoms with van der Waals surface area (Å²) in [4.78, 5) is 35.6. The van der Waals surface area contributed by atoms with Crippen LogP contribution in [-0.4, -0.2) is 91.7 Å². The van der Waals surface area contributed by atoms with Crippen molar-refractivity contribution in [2.24, 2.45) is 0 Å². The van der Waals surface area contributed by atoms with E-state index in [9.17, 15) is 14.2 Å². The van der Waals surface area contributed by atoms with Gasteiger partial charge in [0, 0.05) is 71.1 Å². The van der Waals surface area contributed by atoms with Gasteiger partial charge in [-0.1, -0.05) is 63.1 Å². The van der Waals surface area contributed by atoms with Crippen LogP contribution in [0.4, 0.5) is 27.9 Å². The molecule has 3 amide bonds. The third-order valence-corrected chi connectivity index (χ3v) is 10.5. The number of methoxy groups -OCH3 is 1. The molecule has 4 aromatic carbocycles. The minimum Gasteiger partial charge on any atom is -0.438 e. The predicted octanol–water partition coefficient (Wildman–Crippen LogP) is 8.81. The number of benzene rings is 4. The molecule has 0 atom stereocenters. The molecule has 0 saturated carbocycles. The van der Waals surface area contributed by atoms with Gasteiger partial charge in [0.05, 0.1) is 57.2 Å². The van der Waals surface area contributed by atoms with Crippen LogP contribution in [0.25, 0.3) is 16.5 Å². The molecular weight excluding hydrogens is 820 g/mol. The lowest BCUT2D eigenvalue weighted by Gasteiger charge is -2.15. The molecule has 4 N–H and O–H groups in total. The Balaban J connectivity index is 1.13. The largest absolute Gasteiger partial charge is 0.438 e. The Morgan fingerprint density at radius 3 is 2.37 bits per heavy atom. The zero-order valence-corrected chi connectivity index (χ0v) is 37.3. The van der Waals surface area contributed by atoms with Gasteiger partial charge in [0.2, 0.25) is 11.8 Å². The number of carbonyl (C=O) groups is 2. The number of ether oxygens (including phenoxy) is 4. The van der Waals surface area contributed by atoms with E-state index >= 15 is 0 Å². The summed E-state index contributed by atoms with van der Waals surface area (Å²) >= 11 is 0. The van der Waals surface area contributed by atoms with Crippen LogP contribution < -0.4 is 26.0 Å². The lowest BCUT2D eigenvalue weighted by Crippen LogP contribution is -2.27. The summed E-state index contributed by atoms with van der Waals surface area (Å²) in [7, 11) is -0.707. The number of urea groups is 1. The molecule has 0 saturated heterocycles. The molecule has 2 aromatic heterocycles. The molecule has 0 bridgehead atoms. The van der Waals surface area contributed by atoms with Gasteiger partial charge < -0.3 is 39.5 Å². The second-order valence-electron chi connectivity index (χ2n) is 16.1. The second-order valence-corrected chi connectivity index (χ2v) is 19.5. The van der Waals surface area contributed by atoms with E-state index in [-0.39, 0.29) is 23.2 Å². The average molecular weight is 873 g/mol. The normalized spacial score (nSPS) is 11.5. The van der Waals surface area contributed by atoms with Crippen LogP contribution in [0.1, 0.15) is 48.0 Å². The standard InChI is InChI=1S/C47H53N8O7P/c1-8-32-26-34(44(56)48-20-21-60-24-25-61-23-22-59-5)29-35(27-32)50-45-49-19-18-43(53-45)62-40-17-16-39(37-14-9-10-15-38(37)40)51-46(57)52-42-30-41(47(2,3)4)54-55(42)36-13-11-12-33(28-36)31-63(6,7)58/h1,9-19,26-30H,20-25,31H2,2-7H3,(H,48,56)(H,49,50,53)(H2,51,52,57). The molecule has 0 aliphatic rings. The molecule has 328 valence electrons. The highest BCUT2D eigenvalue weighted by atomic mass is 31.2. The molecule has 2 heterocycles. The lowest BCUT2D eigenvalue weighted by molar-refractivity contribution is 0.0255. The number of hydrogen-bond donors (Lipinski definition) is 4. The van der Waals surface area contributed by atoms with Crippen molar-refractivity contribution in [3.63, 3.8) is 0 Å². The van der Waals surface area contributed by atoms with Crippen LogP contribution in [0.15, 0.2) is 97.2 Å². The van der Waals surface area contributed by atoms with Crippen LogP contribution in [0.5, 0.6) is 11.6 Å². The fourth-order valence-corrected chi connectivity index (χ4v) is 7.49. The maximum absolute atomic E-state index is 13.7. The number of terminal acetylenes is 1. The van der Waals surface area contributed by atoms with Crippen molar-refractivity contribution in [3.05, 3.63) is 120 Å². The highest BCUT2D eigenvalue weighted by molar-refractivity contribution is 7.61. The van der Waals surface area contributed by atoms with Crippen molar-refractivity contribution in [2.75, 3.05) is 76.0 Å². The molecule has 0 aliphatic heterocycles. The van der Waals surface area contributed by atoms with Crippen molar-refractivity contribution in [1.82, 2.24) is 25.1 Å². The fraction of sp³-hybridized carbons (Fsp3) is 0.298. The van der Waals surface area contributed by atoms with Gasteiger partial charge in [-0.15, -0.1) is 6.42 Å². The predicted molar refractivity (Wildman–Crippen MR) is 248 cm³/mol. The van der Waals surface area contributed by atoms with Gasteiger partial charge in [-0.25, -0.2) is 14.5 Å². The van der Waals surface area contributed by atoms with Crippen LogP contribution in [-0.2, 0) is 30.4 Å². The third kappa shape index (κ3) is 13.2. The first-order valence-electron chi connectivity index (χ1n) is 20.3. The van der Waals surface area contributed by atoms with E-state index in [1.807, 2.05) is 54.6 Å². The molecule has 0 unspecified atom stereocenters. The maximum Gasteiger partial charge on any atom is 0.324 e. The van der Waals surface area contributed by atoms with Gasteiger partial charge in [-0.05, 0) is 61.4 Å². The molecule has 6 aromatic rings. The minimum atomic E-state index is -2.32. The second kappa shape index (κ2) is 21.0. The number of nitrogens with one attached hydrogen (secondary N) is 4. The van der Waals surface area contributed by atoms with Gasteiger partial charge in [-0.2, -0.15) is 10.1 Å². The number of fused-ring (bicyclic) bond motifs is 1. The first kappa shape index (κ1) is 46.0. The first-order chi connectivity index (χ1) is 30.2. The van der Waals surface area contributed by atoms with Crippen LogP contribution >= 0.6 is 7.14 Å². The topological polar surface area (TPSA) is 180 Å². The van der Waals surface area contributed by atoms with E-state index in [4.69, 9.17) is 30.5 Å². The molecule has 6 rings (SSSR count). The number of aromatic nitrogens is 4. The quantitative estimate of drug-likeness (QED) is 0.0347. The van der Waals surface area contributed by atoms with Crippen molar-refractivity contribution in [1.29, 1.82) is 0 Å². The van der Waals surface area contributed by atoms with Gasteiger partial charge in [-0.3, -0.25) is 10.1 Å². The van der Waals surface area contributed by atoms with E-state index in [2.05, 4.69) is 57.9 Å². The number of carbonyl (C=O) groups excluding carboxylic acids is 2. The lowest BCUT2D eigenvalue weighted by atomic mass is 9.92. The van der Waals surface area contributed by atoms with Gasteiger partial charge in [0.1, 0.15) is 11.6 Å². The van der Waals surface area contributed by atoms with E-state index < -0.39 is 13.2 Å². The Bertz CT molecular complexity index is 2650. The summed E-state index contributed by atoms with van der Waals surface area (Å²) in [6, 6.07) is 26.7. The Kier molecular flexibility index (Phi) is 15.3. The van der Waals surface area contributed by atoms with E-state index in [1.165, 1.54) is 0 Å². The third-order valence-electron chi connectivity index (χ3n) is 9.37. The van der Waals surface area contributed by atoms with Gasteiger partial charge in [0.15, 0.2) is 0 Å². The number of anilines is 4. The van der Waals surface area contributed by atoms with Gasteiger partial charge >= 0.3 is 6.03 Å². The van der Waals surface area contributed by atoms with Gasteiger partial charge in [0.25, 0.3) is 5.91 Å². The minimum absolute atomic E-state index is 0.213. The van der Waals surface area contributed by atoms with Crippen molar-refractivity contribution in [3.8, 4) is 29.7 Å². The number of nitrogens with zero attached hydrogens (tertiary/aromatic N) is 4. The van der Waals surface area contributed by atoms with E-state index in [0.29, 0.717) is 79.8 Å². The molecule has 15 nitrogen and oxygen atoms in total. The number of rotatable bonds is 19. The van der Waals surface area contributed by atoms with E-state index in [0.717, 1.165) is 27.7 Å². The smallest absolute Gasteiger partial charge is 0.324 e. The summed E-state index contributed by atoms with van der Waals surface area (Å²) in [6.07, 6.45) is 7.73. The Labute approximate surface area is 367 Å². The fourth-order valence-electron chi connectivity index (χ4n) is 6.42.